The Kier molecular flexibility index (Phi) is 2.99. The molecule has 0 aliphatic carbocycles. The molecule has 1 aliphatic heterocycles. The molecule has 2 rings (SSSR count). The number of ether oxygens (including phenoxy) is 1. The van der Waals surface area contributed by atoms with Gasteiger partial charge in [-0.15, -0.1) is 0 Å². The van der Waals surface area contributed by atoms with Crippen molar-refractivity contribution in [1.82, 2.24) is 5.32 Å². The van der Waals surface area contributed by atoms with Gasteiger partial charge in [0.25, 0.3) is 0 Å². The summed E-state index contributed by atoms with van der Waals surface area (Å²) in [5.74, 6) is 0. The van der Waals surface area contributed by atoms with E-state index in [1.807, 2.05) is 6.07 Å². The number of carbonyl (C=O) groups is 1. The van der Waals surface area contributed by atoms with Crippen LogP contribution in [0.1, 0.15) is 11.1 Å². The molecule has 16 heavy (non-hydrogen) atoms. The Morgan fingerprint density at radius 3 is 3.12 bits per heavy atom. The maximum absolute atomic E-state index is 10.9. The molecule has 4 nitrogen and oxygen atoms in total. The quantitative estimate of drug-likeness (QED) is 0.822. The first-order valence-corrected chi connectivity index (χ1v) is 5.35. The molecule has 0 saturated heterocycles. The van der Waals surface area contributed by atoms with E-state index in [0.717, 1.165) is 18.5 Å². The minimum absolute atomic E-state index is 0.391. The fourth-order valence-corrected chi connectivity index (χ4v) is 1.98. The second-order valence-electron chi connectivity index (χ2n) is 3.98. The minimum atomic E-state index is -0.391. The van der Waals surface area contributed by atoms with Gasteiger partial charge in [0, 0.05) is 25.8 Å². The van der Waals surface area contributed by atoms with Crippen molar-refractivity contribution in [2.45, 2.75) is 13.0 Å². The van der Waals surface area contributed by atoms with Crippen LogP contribution in [0.5, 0.6) is 0 Å². The second-order valence-corrected chi connectivity index (χ2v) is 3.98. The number of fused-ring (bicyclic) bond motifs is 1. The Bertz CT molecular complexity index is 404. The van der Waals surface area contributed by atoms with Crippen molar-refractivity contribution in [1.29, 1.82) is 0 Å². The zero-order chi connectivity index (χ0) is 11.5. The van der Waals surface area contributed by atoms with Crippen LogP contribution >= 0.6 is 0 Å². The number of alkyl carbamates (subject to hydrolysis) is 1. The molecule has 1 N–H and O–H groups in total. The fourth-order valence-electron chi connectivity index (χ4n) is 1.98. The molecule has 0 bridgehead atoms. The molecule has 1 aliphatic rings. The normalized spacial score (nSPS) is 13.5. The van der Waals surface area contributed by atoms with Crippen molar-refractivity contribution < 1.29 is 9.53 Å². The lowest BCUT2D eigenvalue weighted by molar-refractivity contribution is 0.170. The van der Waals surface area contributed by atoms with E-state index in [2.05, 4.69) is 34.1 Å². The highest BCUT2D eigenvalue weighted by molar-refractivity contribution is 5.67. The largest absolute Gasteiger partial charge is 0.453 e. The predicted octanol–water partition coefficient (Wildman–Crippen LogP) is 1.53. The van der Waals surface area contributed by atoms with E-state index in [4.69, 9.17) is 0 Å². The topological polar surface area (TPSA) is 41.6 Å². The summed E-state index contributed by atoms with van der Waals surface area (Å²) in [5, 5.41) is 2.68. The zero-order valence-corrected chi connectivity index (χ0v) is 9.62. The molecule has 0 aromatic heterocycles. The molecule has 1 aromatic rings. The first-order valence-electron chi connectivity index (χ1n) is 5.35. The number of hydrogen-bond acceptors (Lipinski definition) is 3. The number of rotatable bonds is 2. The molecular formula is C12H16N2O2. The van der Waals surface area contributed by atoms with Gasteiger partial charge in [-0.1, -0.05) is 12.1 Å². The lowest BCUT2D eigenvalue weighted by atomic mass is 10.1. The Morgan fingerprint density at radius 2 is 2.38 bits per heavy atom. The molecule has 0 radical (unpaired) electrons. The maximum atomic E-state index is 10.9. The number of amides is 1. The summed E-state index contributed by atoms with van der Waals surface area (Å²) in [5.41, 5.74) is 3.76. The van der Waals surface area contributed by atoms with Gasteiger partial charge in [0.2, 0.25) is 0 Å². The van der Waals surface area contributed by atoms with Crippen LogP contribution in [0.15, 0.2) is 18.2 Å². The van der Waals surface area contributed by atoms with Crippen molar-refractivity contribution in [2.75, 3.05) is 25.6 Å². The van der Waals surface area contributed by atoms with E-state index >= 15 is 0 Å². The van der Waals surface area contributed by atoms with E-state index in [0.29, 0.717) is 6.54 Å². The van der Waals surface area contributed by atoms with Gasteiger partial charge in [-0.05, 0) is 23.6 Å². The van der Waals surface area contributed by atoms with Crippen LogP contribution in [0.3, 0.4) is 0 Å². The third-order valence-electron chi connectivity index (χ3n) is 2.89. The molecule has 0 atom stereocenters. The van der Waals surface area contributed by atoms with Crippen LogP contribution in [0.25, 0.3) is 0 Å². The average Bonchev–Trinajstić information content (AvgIpc) is 2.67. The lowest BCUT2D eigenvalue weighted by Gasteiger charge is -2.12. The SMILES string of the molecule is COC(=O)NCc1ccc2c(c1)CCN2C. The lowest BCUT2D eigenvalue weighted by Crippen LogP contribution is -2.22. The highest BCUT2D eigenvalue weighted by atomic mass is 16.5. The number of anilines is 1. The third-order valence-corrected chi connectivity index (χ3v) is 2.89. The van der Waals surface area contributed by atoms with E-state index < -0.39 is 6.09 Å². The molecule has 1 amide bonds. The fraction of sp³-hybridized carbons (Fsp3) is 0.417. The summed E-state index contributed by atoms with van der Waals surface area (Å²) < 4.78 is 4.52. The molecule has 86 valence electrons. The van der Waals surface area contributed by atoms with E-state index in [1.165, 1.54) is 18.4 Å². The van der Waals surface area contributed by atoms with Gasteiger partial charge in [-0.25, -0.2) is 4.79 Å². The maximum Gasteiger partial charge on any atom is 0.407 e. The number of likely N-dealkylation sites (N-methyl/N-ethyl adjacent to an activating group) is 1. The minimum Gasteiger partial charge on any atom is -0.453 e. The molecular weight excluding hydrogens is 204 g/mol. The monoisotopic (exact) mass is 220 g/mol. The highest BCUT2D eigenvalue weighted by Gasteiger charge is 2.15. The Labute approximate surface area is 95.2 Å². The summed E-state index contributed by atoms with van der Waals surface area (Å²) in [6.07, 6.45) is 0.690. The molecule has 0 fully saturated rings. The number of methoxy groups -OCH3 is 1. The first-order chi connectivity index (χ1) is 7.70. The number of carbonyl (C=O) groups excluding carboxylic acids is 1. The van der Waals surface area contributed by atoms with Gasteiger partial charge in [0.1, 0.15) is 0 Å². The van der Waals surface area contributed by atoms with Gasteiger partial charge in [0.05, 0.1) is 7.11 Å². The Balaban J connectivity index is 2.05. The Morgan fingerprint density at radius 1 is 1.56 bits per heavy atom. The van der Waals surface area contributed by atoms with Gasteiger partial charge in [-0.2, -0.15) is 0 Å². The van der Waals surface area contributed by atoms with Crippen molar-refractivity contribution in [3.63, 3.8) is 0 Å². The second kappa shape index (κ2) is 4.43. The molecule has 1 aromatic carbocycles. The van der Waals surface area contributed by atoms with Crippen molar-refractivity contribution >= 4 is 11.8 Å². The number of benzene rings is 1. The van der Waals surface area contributed by atoms with Gasteiger partial charge < -0.3 is 15.0 Å². The molecule has 0 saturated carbocycles. The average molecular weight is 220 g/mol. The van der Waals surface area contributed by atoms with Crippen LogP contribution in [-0.4, -0.2) is 26.8 Å². The number of hydrogen-bond donors (Lipinski definition) is 1. The Hall–Kier alpha value is -1.71. The predicted molar refractivity (Wildman–Crippen MR) is 62.7 cm³/mol. The van der Waals surface area contributed by atoms with Crippen molar-refractivity contribution in [3.05, 3.63) is 29.3 Å². The first kappa shape index (κ1) is 10.8. The molecule has 4 heteroatoms. The van der Waals surface area contributed by atoms with E-state index in [1.54, 1.807) is 0 Å². The van der Waals surface area contributed by atoms with Crippen molar-refractivity contribution in [3.8, 4) is 0 Å². The molecule has 0 unspecified atom stereocenters. The summed E-state index contributed by atoms with van der Waals surface area (Å²) in [4.78, 5) is 13.2. The highest BCUT2D eigenvalue weighted by Crippen LogP contribution is 2.27. The third kappa shape index (κ3) is 2.10. The van der Waals surface area contributed by atoms with Gasteiger partial charge in [0.15, 0.2) is 0 Å². The summed E-state index contributed by atoms with van der Waals surface area (Å²) >= 11 is 0. The molecule has 0 spiro atoms. The van der Waals surface area contributed by atoms with Gasteiger partial charge >= 0.3 is 6.09 Å². The smallest absolute Gasteiger partial charge is 0.407 e. The van der Waals surface area contributed by atoms with Crippen LogP contribution in [0.4, 0.5) is 10.5 Å². The van der Waals surface area contributed by atoms with Crippen LogP contribution < -0.4 is 10.2 Å². The number of nitrogens with zero attached hydrogens (tertiary/aromatic N) is 1. The van der Waals surface area contributed by atoms with Crippen LogP contribution in [0, 0.1) is 0 Å². The van der Waals surface area contributed by atoms with Crippen LogP contribution in [0.2, 0.25) is 0 Å². The molecule has 1 heterocycles. The van der Waals surface area contributed by atoms with Crippen molar-refractivity contribution in [2.24, 2.45) is 0 Å². The summed E-state index contributed by atoms with van der Waals surface area (Å²) in [7, 11) is 3.46. The summed E-state index contributed by atoms with van der Waals surface area (Å²) in [6.45, 7) is 1.59. The van der Waals surface area contributed by atoms with Gasteiger partial charge in [-0.3, -0.25) is 0 Å². The zero-order valence-electron chi connectivity index (χ0n) is 9.62. The standard InChI is InChI=1S/C12H16N2O2/c1-14-6-5-10-7-9(3-4-11(10)14)8-13-12(15)16-2/h3-4,7H,5-6,8H2,1-2H3,(H,13,15). The van der Waals surface area contributed by atoms with Crippen LogP contribution in [-0.2, 0) is 17.7 Å². The summed E-state index contributed by atoms with van der Waals surface area (Å²) in [6, 6.07) is 6.29. The van der Waals surface area contributed by atoms with E-state index in [-0.39, 0.29) is 0 Å². The number of nitrogens with one attached hydrogen (secondary N) is 1. The van der Waals surface area contributed by atoms with E-state index in [9.17, 15) is 4.79 Å².